The summed E-state index contributed by atoms with van der Waals surface area (Å²) in [4.78, 5) is 29.6. The van der Waals surface area contributed by atoms with Gasteiger partial charge in [-0.3, -0.25) is 9.88 Å². The van der Waals surface area contributed by atoms with E-state index in [1.165, 1.54) is 0 Å². The van der Waals surface area contributed by atoms with Crippen LogP contribution in [0, 0.1) is 0 Å². The highest BCUT2D eigenvalue weighted by Crippen LogP contribution is 2.30. The van der Waals surface area contributed by atoms with Gasteiger partial charge in [-0.15, -0.1) is 0 Å². The number of hydrogen-bond donors (Lipinski definition) is 0. The Morgan fingerprint density at radius 1 is 0.978 bits per heavy atom. The van der Waals surface area contributed by atoms with Crippen molar-refractivity contribution < 1.29 is 19.0 Å². The summed E-state index contributed by atoms with van der Waals surface area (Å²) >= 11 is 0. The molecule has 3 aromatic heterocycles. The number of fused-ring (bicyclic) bond motifs is 2. The van der Waals surface area contributed by atoms with E-state index in [1.807, 2.05) is 75.6 Å². The molecule has 1 unspecified atom stereocenters. The second-order valence-electron chi connectivity index (χ2n) is 13.4. The molecule has 0 N–H and O–H groups in total. The van der Waals surface area contributed by atoms with Gasteiger partial charge in [0.15, 0.2) is 0 Å². The van der Waals surface area contributed by atoms with Crippen LogP contribution in [0.4, 0.5) is 0 Å². The van der Waals surface area contributed by atoms with Crippen molar-refractivity contribution in [2.75, 3.05) is 19.7 Å². The van der Waals surface area contributed by atoms with E-state index in [0.717, 1.165) is 90.9 Å². The number of benzene rings is 2. The summed E-state index contributed by atoms with van der Waals surface area (Å²) < 4.78 is 19.8. The van der Waals surface area contributed by atoms with Gasteiger partial charge < -0.3 is 18.8 Å². The first-order chi connectivity index (χ1) is 22.3. The lowest BCUT2D eigenvalue weighted by Crippen LogP contribution is -2.35. The van der Waals surface area contributed by atoms with Crippen molar-refractivity contribution in [2.45, 2.75) is 77.4 Å². The molecule has 9 nitrogen and oxygen atoms in total. The Balaban J connectivity index is 1.02. The van der Waals surface area contributed by atoms with Gasteiger partial charge in [-0.2, -0.15) is 0 Å². The standard InChI is InChI=1S/C37H41N5O4/c1-37(2,3)46-36(43)26-11-12-32-33(19-26)42(22-29-15-18-44-29)34(39-32)23-41-16-13-25(14-17-41)31-9-6-10-35(40-31)45-24-28-21-38-20-27-7-4-5-8-30(27)28/h4-12,19-21,25,29H,13-18,22-24H2,1-3H3. The minimum atomic E-state index is -0.553. The molecule has 46 heavy (non-hydrogen) atoms. The highest BCUT2D eigenvalue weighted by Gasteiger charge is 2.27. The zero-order valence-corrected chi connectivity index (χ0v) is 26.8. The number of hydrogen-bond acceptors (Lipinski definition) is 8. The lowest BCUT2D eigenvalue weighted by atomic mass is 9.93. The number of carbonyl (C=O) groups is 1. The number of piperidine rings is 1. The largest absolute Gasteiger partial charge is 0.473 e. The molecular weight excluding hydrogens is 578 g/mol. The molecule has 1 atom stereocenters. The van der Waals surface area contributed by atoms with Crippen LogP contribution in [0.3, 0.4) is 0 Å². The number of rotatable bonds is 9. The van der Waals surface area contributed by atoms with E-state index in [1.54, 1.807) is 0 Å². The fourth-order valence-corrected chi connectivity index (χ4v) is 6.36. The van der Waals surface area contributed by atoms with Crippen molar-refractivity contribution in [3.05, 3.63) is 95.7 Å². The monoisotopic (exact) mass is 619 g/mol. The van der Waals surface area contributed by atoms with Crippen LogP contribution in [0.15, 0.2) is 73.1 Å². The number of pyridine rings is 2. The SMILES string of the molecule is CC(C)(C)OC(=O)c1ccc2nc(CN3CCC(c4cccc(OCc5cncc6ccccc56)n4)CC3)n(CC3CCO3)c2c1. The third-order valence-electron chi connectivity index (χ3n) is 8.88. The summed E-state index contributed by atoms with van der Waals surface area (Å²) in [5, 5.41) is 2.26. The number of aromatic nitrogens is 4. The van der Waals surface area contributed by atoms with Crippen molar-refractivity contribution in [3.63, 3.8) is 0 Å². The third-order valence-corrected chi connectivity index (χ3v) is 8.88. The van der Waals surface area contributed by atoms with E-state index in [2.05, 4.69) is 32.7 Å². The number of carbonyl (C=O) groups excluding carboxylic acids is 1. The fraction of sp³-hybridized carbons (Fsp3) is 0.405. The van der Waals surface area contributed by atoms with E-state index in [-0.39, 0.29) is 12.1 Å². The van der Waals surface area contributed by atoms with Gasteiger partial charge in [0.05, 0.1) is 35.8 Å². The first-order valence-electron chi connectivity index (χ1n) is 16.3. The van der Waals surface area contributed by atoms with E-state index in [4.69, 9.17) is 24.2 Å². The van der Waals surface area contributed by atoms with Crippen LogP contribution in [0.2, 0.25) is 0 Å². The Bertz CT molecular complexity index is 1850. The number of imidazole rings is 1. The molecule has 7 rings (SSSR count). The molecular formula is C37H41N5O4. The van der Waals surface area contributed by atoms with Crippen LogP contribution in [0.25, 0.3) is 21.8 Å². The van der Waals surface area contributed by atoms with E-state index in [0.29, 0.717) is 24.0 Å². The smallest absolute Gasteiger partial charge is 0.338 e. The van der Waals surface area contributed by atoms with Gasteiger partial charge in [-0.05, 0) is 82.8 Å². The van der Waals surface area contributed by atoms with E-state index in [9.17, 15) is 4.79 Å². The normalized spacial score (nSPS) is 17.7. The van der Waals surface area contributed by atoms with Crippen molar-refractivity contribution in [1.82, 2.24) is 24.4 Å². The zero-order valence-electron chi connectivity index (χ0n) is 26.8. The molecule has 0 aliphatic carbocycles. The fourth-order valence-electron chi connectivity index (χ4n) is 6.36. The lowest BCUT2D eigenvalue weighted by molar-refractivity contribution is -0.0592. The van der Waals surface area contributed by atoms with Crippen LogP contribution in [0.5, 0.6) is 5.88 Å². The highest BCUT2D eigenvalue weighted by atomic mass is 16.6. The quantitative estimate of drug-likeness (QED) is 0.169. The Labute approximate surface area is 269 Å². The second kappa shape index (κ2) is 12.8. The van der Waals surface area contributed by atoms with Crippen molar-refractivity contribution >= 4 is 27.8 Å². The molecule has 2 saturated heterocycles. The van der Waals surface area contributed by atoms with Crippen LogP contribution < -0.4 is 4.74 Å². The first-order valence-corrected chi connectivity index (χ1v) is 16.3. The summed E-state index contributed by atoms with van der Waals surface area (Å²) in [5.41, 5.74) is 3.95. The zero-order chi connectivity index (χ0) is 31.7. The Kier molecular flexibility index (Phi) is 8.44. The Morgan fingerprint density at radius 2 is 1.80 bits per heavy atom. The minimum Gasteiger partial charge on any atom is -0.473 e. The van der Waals surface area contributed by atoms with Gasteiger partial charge in [-0.25, -0.2) is 14.8 Å². The Morgan fingerprint density at radius 3 is 2.59 bits per heavy atom. The van der Waals surface area contributed by atoms with Crippen molar-refractivity contribution in [3.8, 4) is 5.88 Å². The lowest BCUT2D eigenvalue weighted by Gasteiger charge is -2.32. The predicted octanol–water partition coefficient (Wildman–Crippen LogP) is 6.68. The molecule has 238 valence electrons. The van der Waals surface area contributed by atoms with Crippen LogP contribution in [-0.4, -0.2) is 61.8 Å². The molecule has 0 saturated carbocycles. The number of esters is 1. The Hall–Kier alpha value is -4.34. The molecule has 2 aliphatic rings. The third kappa shape index (κ3) is 6.76. The molecule has 2 fully saturated rings. The molecule has 0 bridgehead atoms. The molecule has 2 aliphatic heterocycles. The predicted molar refractivity (Wildman–Crippen MR) is 177 cm³/mol. The van der Waals surface area contributed by atoms with Crippen LogP contribution in [0.1, 0.15) is 73.4 Å². The van der Waals surface area contributed by atoms with Crippen LogP contribution >= 0.6 is 0 Å². The minimum absolute atomic E-state index is 0.171. The van der Waals surface area contributed by atoms with Crippen LogP contribution in [-0.2, 0) is 29.2 Å². The highest BCUT2D eigenvalue weighted by molar-refractivity contribution is 5.94. The van der Waals surface area contributed by atoms with Gasteiger partial charge >= 0.3 is 5.97 Å². The molecule has 5 aromatic rings. The summed E-state index contributed by atoms with van der Waals surface area (Å²) in [5.74, 6) is 1.70. The molecule has 9 heteroatoms. The molecule has 0 radical (unpaired) electrons. The number of likely N-dealkylation sites (tertiary alicyclic amines) is 1. The maximum Gasteiger partial charge on any atom is 0.338 e. The molecule has 2 aromatic carbocycles. The van der Waals surface area contributed by atoms with Crippen molar-refractivity contribution in [1.29, 1.82) is 0 Å². The van der Waals surface area contributed by atoms with E-state index >= 15 is 0 Å². The maximum absolute atomic E-state index is 12.8. The first kappa shape index (κ1) is 30.3. The number of ether oxygens (including phenoxy) is 3. The average Bonchev–Trinajstić information content (AvgIpc) is 3.37. The molecule has 5 heterocycles. The topological polar surface area (TPSA) is 91.6 Å². The van der Waals surface area contributed by atoms with Gasteiger partial charge in [0.25, 0.3) is 0 Å². The summed E-state index contributed by atoms with van der Waals surface area (Å²) in [6.45, 7) is 10.2. The van der Waals surface area contributed by atoms with Gasteiger partial charge in [0.2, 0.25) is 5.88 Å². The number of nitrogens with zero attached hydrogens (tertiary/aromatic N) is 5. The van der Waals surface area contributed by atoms with E-state index < -0.39 is 5.60 Å². The average molecular weight is 620 g/mol. The maximum atomic E-state index is 12.8. The van der Waals surface area contributed by atoms with Gasteiger partial charge in [-0.1, -0.05) is 30.3 Å². The molecule has 0 spiro atoms. The van der Waals surface area contributed by atoms with Gasteiger partial charge in [0, 0.05) is 47.6 Å². The van der Waals surface area contributed by atoms with Crippen molar-refractivity contribution in [2.24, 2.45) is 0 Å². The summed E-state index contributed by atoms with van der Waals surface area (Å²) in [7, 11) is 0. The van der Waals surface area contributed by atoms with Gasteiger partial charge in [0.1, 0.15) is 18.0 Å². The summed E-state index contributed by atoms with van der Waals surface area (Å²) in [6, 6.07) is 20.0. The molecule has 0 amide bonds. The summed E-state index contributed by atoms with van der Waals surface area (Å²) in [6.07, 6.45) is 6.98. The second-order valence-corrected chi connectivity index (χ2v) is 13.4.